The minimum absolute atomic E-state index is 0.780. The fourth-order valence-electron chi connectivity index (χ4n) is 1.91. The third kappa shape index (κ3) is 3.27. The molecule has 0 saturated carbocycles. The number of hydrogen-bond acceptors (Lipinski definition) is 1. The van der Waals surface area contributed by atoms with Crippen molar-refractivity contribution in [1.82, 2.24) is 0 Å². The van der Waals surface area contributed by atoms with Crippen LogP contribution < -0.4 is 4.90 Å². The molecular weight excluding hydrogens is 310 g/mol. The Kier molecular flexibility index (Phi) is 4.67. The minimum Gasteiger partial charge on any atom is -0.366 e. The van der Waals surface area contributed by atoms with Gasteiger partial charge in [-0.3, -0.25) is 0 Å². The summed E-state index contributed by atoms with van der Waals surface area (Å²) in [7, 11) is 0. The van der Waals surface area contributed by atoms with Crippen LogP contribution in [0.15, 0.2) is 53.0 Å². The molecule has 94 valence electrons. The van der Waals surface area contributed by atoms with Gasteiger partial charge in [0.15, 0.2) is 0 Å². The lowest BCUT2D eigenvalue weighted by Gasteiger charge is -2.24. The van der Waals surface area contributed by atoms with Gasteiger partial charge in [-0.2, -0.15) is 0 Å². The van der Waals surface area contributed by atoms with Gasteiger partial charge in [-0.25, -0.2) is 0 Å². The standard InChI is InChI=1S/C15H15BrClN/c1-2-18(11-12-6-4-3-5-7-12)15-9-8-13(16)10-14(15)17/h3-10H,2,11H2,1H3. The summed E-state index contributed by atoms with van der Waals surface area (Å²) in [6.07, 6.45) is 0. The van der Waals surface area contributed by atoms with E-state index >= 15 is 0 Å². The monoisotopic (exact) mass is 323 g/mol. The average Bonchev–Trinajstić information content (AvgIpc) is 2.38. The zero-order chi connectivity index (χ0) is 13.0. The lowest BCUT2D eigenvalue weighted by molar-refractivity contribution is 0.832. The highest BCUT2D eigenvalue weighted by Gasteiger charge is 2.09. The van der Waals surface area contributed by atoms with Crippen molar-refractivity contribution in [1.29, 1.82) is 0 Å². The highest BCUT2D eigenvalue weighted by atomic mass is 79.9. The van der Waals surface area contributed by atoms with Gasteiger partial charge in [0.2, 0.25) is 0 Å². The van der Waals surface area contributed by atoms with Crippen LogP contribution in [0.4, 0.5) is 5.69 Å². The van der Waals surface area contributed by atoms with Crippen LogP contribution in [0.1, 0.15) is 12.5 Å². The van der Waals surface area contributed by atoms with Gasteiger partial charge < -0.3 is 4.90 Å². The van der Waals surface area contributed by atoms with Crippen molar-refractivity contribution in [2.75, 3.05) is 11.4 Å². The van der Waals surface area contributed by atoms with Gasteiger partial charge in [-0.15, -0.1) is 0 Å². The first-order chi connectivity index (χ1) is 8.70. The van der Waals surface area contributed by atoms with E-state index in [4.69, 9.17) is 11.6 Å². The van der Waals surface area contributed by atoms with E-state index in [1.54, 1.807) is 0 Å². The van der Waals surface area contributed by atoms with Crippen molar-refractivity contribution in [2.45, 2.75) is 13.5 Å². The van der Waals surface area contributed by atoms with Gasteiger partial charge in [0, 0.05) is 17.6 Å². The molecule has 2 rings (SSSR count). The SMILES string of the molecule is CCN(Cc1ccccc1)c1ccc(Br)cc1Cl. The van der Waals surface area contributed by atoms with Crippen LogP contribution in [0.5, 0.6) is 0 Å². The molecule has 0 atom stereocenters. The third-order valence-corrected chi connectivity index (χ3v) is 3.64. The summed E-state index contributed by atoms with van der Waals surface area (Å²) in [5, 5.41) is 0.780. The van der Waals surface area contributed by atoms with Gasteiger partial charge in [0.05, 0.1) is 10.7 Å². The van der Waals surface area contributed by atoms with Crippen molar-refractivity contribution in [3.63, 3.8) is 0 Å². The van der Waals surface area contributed by atoms with Crippen LogP contribution in [-0.2, 0) is 6.54 Å². The highest BCUT2D eigenvalue weighted by molar-refractivity contribution is 9.10. The van der Waals surface area contributed by atoms with Crippen molar-refractivity contribution < 1.29 is 0 Å². The summed E-state index contributed by atoms with van der Waals surface area (Å²) in [6.45, 7) is 3.94. The Balaban J connectivity index is 2.23. The summed E-state index contributed by atoms with van der Waals surface area (Å²) in [4.78, 5) is 2.27. The van der Waals surface area contributed by atoms with Crippen LogP contribution in [0.25, 0.3) is 0 Å². The van der Waals surface area contributed by atoms with Gasteiger partial charge in [0.1, 0.15) is 0 Å². The van der Waals surface area contributed by atoms with E-state index in [9.17, 15) is 0 Å². The molecule has 0 saturated heterocycles. The Hall–Kier alpha value is -0.990. The first-order valence-electron chi connectivity index (χ1n) is 5.94. The van der Waals surface area contributed by atoms with E-state index in [1.165, 1.54) is 5.56 Å². The summed E-state index contributed by atoms with van der Waals surface area (Å²) in [6, 6.07) is 16.4. The molecule has 0 aliphatic carbocycles. The lowest BCUT2D eigenvalue weighted by atomic mass is 10.2. The van der Waals surface area contributed by atoms with Gasteiger partial charge in [-0.1, -0.05) is 57.9 Å². The molecule has 0 unspecified atom stereocenters. The van der Waals surface area contributed by atoms with Crippen molar-refractivity contribution in [2.24, 2.45) is 0 Å². The molecule has 2 aromatic rings. The smallest absolute Gasteiger partial charge is 0.0650 e. The molecule has 0 aromatic heterocycles. The Morgan fingerprint density at radius 2 is 1.83 bits per heavy atom. The lowest BCUT2D eigenvalue weighted by Crippen LogP contribution is -2.22. The number of benzene rings is 2. The third-order valence-electron chi connectivity index (χ3n) is 2.85. The largest absolute Gasteiger partial charge is 0.366 e. The molecule has 0 N–H and O–H groups in total. The van der Waals surface area contributed by atoms with E-state index in [1.807, 2.05) is 18.2 Å². The molecule has 2 aromatic carbocycles. The molecule has 0 bridgehead atoms. The molecule has 0 aliphatic rings. The molecule has 0 aliphatic heterocycles. The van der Waals surface area contributed by atoms with Crippen LogP contribution in [0.3, 0.4) is 0 Å². The summed E-state index contributed by atoms with van der Waals surface area (Å²) < 4.78 is 1.01. The predicted molar refractivity (Wildman–Crippen MR) is 82.3 cm³/mol. The second-order valence-corrected chi connectivity index (χ2v) is 5.42. The topological polar surface area (TPSA) is 3.24 Å². The quantitative estimate of drug-likeness (QED) is 0.753. The van der Waals surface area contributed by atoms with Gasteiger partial charge >= 0.3 is 0 Å². The van der Waals surface area contributed by atoms with Crippen molar-refractivity contribution in [3.8, 4) is 0 Å². The normalized spacial score (nSPS) is 10.4. The molecule has 0 spiro atoms. The molecule has 18 heavy (non-hydrogen) atoms. The van der Waals surface area contributed by atoms with E-state index in [0.717, 1.165) is 28.3 Å². The Morgan fingerprint density at radius 3 is 2.44 bits per heavy atom. The molecule has 1 nitrogen and oxygen atoms in total. The van der Waals surface area contributed by atoms with Crippen LogP contribution in [-0.4, -0.2) is 6.54 Å². The highest BCUT2D eigenvalue weighted by Crippen LogP contribution is 2.29. The van der Waals surface area contributed by atoms with E-state index < -0.39 is 0 Å². The fraction of sp³-hybridized carbons (Fsp3) is 0.200. The van der Waals surface area contributed by atoms with Gasteiger partial charge in [-0.05, 0) is 30.7 Å². The molecule has 0 radical (unpaired) electrons. The number of halogens is 2. The maximum absolute atomic E-state index is 6.30. The van der Waals surface area contributed by atoms with Crippen molar-refractivity contribution >= 4 is 33.2 Å². The Labute approximate surface area is 122 Å². The molecule has 0 heterocycles. The number of anilines is 1. The fourth-order valence-corrected chi connectivity index (χ4v) is 2.70. The molecule has 3 heteroatoms. The summed E-state index contributed by atoms with van der Waals surface area (Å²) in [5.41, 5.74) is 2.37. The molecule has 0 amide bonds. The number of hydrogen-bond donors (Lipinski definition) is 0. The second kappa shape index (κ2) is 6.26. The van der Waals surface area contributed by atoms with E-state index in [2.05, 4.69) is 58.1 Å². The van der Waals surface area contributed by atoms with E-state index in [0.29, 0.717) is 0 Å². The molecular formula is C15H15BrClN. The Morgan fingerprint density at radius 1 is 1.11 bits per heavy atom. The maximum atomic E-state index is 6.30. The summed E-state index contributed by atoms with van der Waals surface area (Å²) in [5.74, 6) is 0. The average molecular weight is 325 g/mol. The van der Waals surface area contributed by atoms with Gasteiger partial charge in [0.25, 0.3) is 0 Å². The van der Waals surface area contributed by atoms with Crippen LogP contribution in [0.2, 0.25) is 5.02 Å². The second-order valence-electron chi connectivity index (χ2n) is 4.10. The van der Waals surface area contributed by atoms with Crippen LogP contribution in [0, 0.1) is 0 Å². The molecule has 0 fully saturated rings. The zero-order valence-corrected chi connectivity index (χ0v) is 12.6. The minimum atomic E-state index is 0.780. The van der Waals surface area contributed by atoms with Crippen LogP contribution >= 0.6 is 27.5 Å². The van der Waals surface area contributed by atoms with E-state index in [-0.39, 0.29) is 0 Å². The first-order valence-corrected chi connectivity index (χ1v) is 7.11. The first kappa shape index (κ1) is 13.4. The Bertz CT molecular complexity index is 513. The zero-order valence-electron chi connectivity index (χ0n) is 10.2. The maximum Gasteiger partial charge on any atom is 0.0650 e. The van der Waals surface area contributed by atoms with Crippen molar-refractivity contribution in [3.05, 3.63) is 63.6 Å². The number of rotatable bonds is 4. The number of nitrogens with zero attached hydrogens (tertiary/aromatic N) is 1. The predicted octanol–water partition coefficient (Wildman–Crippen LogP) is 5.13. The summed E-state index contributed by atoms with van der Waals surface area (Å²) >= 11 is 9.73.